The molecule has 0 spiro atoms. The molecule has 0 aromatic heterocycles. The lowest BCUT2D eigenvalue weighted by molar-refractivity contribution is -0.135. The Labute approximate surface area is 98.9 Å². The predicted octanol–water partition coefficient (Wildman–Crippen LogP) is 1.11. The number of hydrogen-bond donors (Lipinski definition) is 1. The maximum absolute atomic E-state index is 10.1. The third-order valence-corrected chi connectivity index (χ3v) is 3.35. The maximum atomic E-state index is 10.1. The molecule has 1 atom stereocenters. The van der Waals surface area contributed by atoms with Crippen LogP contribution in [0.3, 0.4) is 0 Å². The minimum absolute atomic E-state index is 0.260. The average Bonchev–Trinajstić information content (AvgIpc) is 2.01. The Morgan fingerprint density at radius 1 is 1.50 bits per heavy atom. The first-order valence-corrected chi connectivity index (χ1v) is 5.83. The lowest BCUT2D eigenvalue weighted by Crippen LogP contribution is -2.37. The second-order valence-corrected chi connectivity index (χ2v) is 5.89. The largest absolute Gasteiger partial charge is 0.505 e. The van der Waals surface area contributed by atoms with E-state index in [9.17, 15) is 9.59 Å². The highest BCUT2D eigenvalue weighted by Gasteiger charge is 2.26. The molecule has 0 amide bonds. The lowest BCUT2D eigenvalue weighted by atomic mass is 10.1. The summed E-state index contributed by atoms with van der Waals surface area (Å²) in [6, 6.07) is 0. The topological polar surface area (TPSA) is 72.8 Å². The van der Waals surface area contributed by atoms with Gasteiger partial charge in [0.1, 0.15) is 0 Å². The first-order chi connectivity index (χ1) is 7.13. The molecular weight excluding hydrogens is 228 g/mol. The van der Waals surface area contributed by atoms with Crippen LogP contribution in [0.25, 0.3) is 0 Å². The highest BCUT2D eigenvalue weighted by molar-refractivity contribution is 6.15. The first-order valence-electron chi connectivity index (χ1n) is 4.83. The van der Waals surface area contributed by atoms with Crippen LogP contribution in [0, 0.1) is 5.92 Å². The average molecular weight is 248 g/mol. The molecule has 0 radical (unpaired) electrons. The van der Waals surface area contributed by atoms with E-state index in [0.29, 0.717) is 0 Å². The summed E-state index contributed by atoms with van der Waals surface area (Å²) in [5.74, 6) is -0.0692. The highest BCUT2D eigenvalue weighted by Crippen LogP contribution is 2.16. The summed E-state index contributed by atoms with van der Waals surface area (Å²) in [4.78, 5) is 19.9. The standard InChI is InChI=1S/C6H14O3Si.C4H6O2/c1-4(2)6(3,10)9-5(7)8;1-3-6-4(2)5/h4H,1-3,10H3,(H,7,8);3H,1H2,2H3. The van der Waals surface area contributed by atoms with E-state index in [2.05, 4.69) is 16.1 Å². The van der Waals surface area contributed by atoms with E-state index in [1.165, 1.54) is 6.92 Å². The first kappa shape index (κ1) is 17.1. The minimum atomic E-state index is -1.17. The molecule has 0 aliphatic carbocycles. The third-order valence-electron chi connectivity index (χ3n) is 1.99. The van der Waals surface area contributed by atoms with Gasteiger partial charge in [-0.05, 0) is 12.8 Å². The zero-order valence-corrected chi connectivity index (χ0v) is 12.4. The van der Waals surface area contributed by atoms with Crippen molar-refractivity contribution in [1.82, 2.24) is 0 Å². The van der Waals surface area contributed by atoms with Gasteiger partial charge in [-0.25, -0.2) is 4.79 Å². The number of hydrogen-bond acceptors (Lipinski definition) is 4. The summed E-state index contributed by atoms with van der Waals surface area (Å²) < 4.78 is 8.84. The fraction of sp³-hybridized carbons (Fsp3) is 0.600. The van der Waals surface area contributed by atoms with Crippen molar-refractivity contribution < 1.29 is 24.2 Å². The van der Waals surface area contributed by atoms with Crippen molar-refractivity contribution in [2.24, 2.45) is 5.92 Å². The Morgan fingerprint density at radius 3 is 2.00 bits per heavy atom. The molecule has 16 heavy (non-hydrogen) atoms. The zero-order valence-electron chi connectivity index (χ0n) is 10.4. The van der Waals surface area contributed by atoms with E-state index in [0.717, 1.165) is 16.5 Å². The van der Waals surface area contributed by atoms with Crippen LogP contribution in [-0.4, -0.2) is 32.7 Å². The molecule has 5 nitrogen and oxygen atoms in total. The van der Waals surface area contributed by atoms with Gasteiger partial charge in [0.2, 0.25) is 0 Å². The second kappa shape index (κ2) is 7.92. The van der Waals surface area contributed by atoms with Gasteiger partial charge in [0.25, 0.3) is 0 Å². The van der Waals surface area contributed by atoms with Crippen LogP contribution in [0.15, 0.2) is 12.8 Å². The van der Waals surface area contributed by atoms with Crippen LogP contribution in [-0.2, 0) is 14.3 Å². The van der Waals surface area contributed by atoms with Crippen molar-refractivity contribution in [3.8, 4) is 0 Å². The maximum Gasteiger partial charge on any atom is 0.505 e. The SMILES string of the molecule is C=COC(C)=O.CC(C)C(C)([SiH3])OC(=O)O. The zero-order chi connectivity index (χ0) is 13.4. The van der Waals surface area contributed by atoms with E-state index in [1.807, 2.05) is 20.8 Å². The molecule has 1 N–H and O–H groups in total. The van der Waals surface area contributed by atoms with E-state index in [-0.39, 0.29) is 11.9 Å². The van der Waals surface area contributed by atoms with E-state index >= 15 is 0 Å². The van der Waals surface area contributed by atoms with Gasteiger partial charge in [0.15, 0.2) is 0 Å². The molecule has 6 heteroatoms. The number of rotatable bonds is 3. The Hall–Kier alpha value is -1.30. The van der Waals surface area contributed by atoms with Crippen molar-refractivity contribution in [1.29, 1.82) is 0 Å². The van der Waals surface area contributed by atoms with Gasteiger partial charge in [0, 0.05) is 6.92 Å². The number of ether oxygens (including phenoxy) is 2. The number of esters is 1. The molecular formula is C10H20O5Si. The van der Waals surface area contributed by atoms with Crippen LogP contribution in [0.4, 0.5) is 4.79 Å². The van der Waals surface area contributed by atoms with E-state index < -0.39 is 11.4 Å². The van der Waals surface area contributed by atoms with Gasteiger partial charge in [-0.15, -0.1) is 0 Å². The number of carbonyl (C=O) groups is 2. The summed E-state index contributed by atoms with van der Waals surface area (Å²) in [7, 11) is 0.728. The summed E-state index contributed by atoms with van der Waals surface area (Å²) in [5, 5.41) is 7.86. The van der Waals surface area contributed by atoms with Gasteiger partial charge < -0.3 is 14.6 Å². The van der Waals surface area contributed by atoms with Crippen molar-refractivity contribution in [3.05, 3.63) is 12.8 Å². The Bertz CT molecular complexity index is 248. The van der Waals surface area contributed by atoms with Crippen molar-refractivity contribution >= 4 is 22.4 Å². The fourth-order valence-corrected chi connectivity index (χ4v) is 0.635. The van der Waals surface area contributed by atoms with Gasteiger partial charge in [-0.2, -0.15) is 0 Å². The molecule has 0 rings (SSSR count). The molecule has 0 aromatic carbocycles. The number of carboxylic acid groups (broad SMARTS) is 1. The van der Waals surface area contributed by atoms with Crippen LogP contribution in [0.5, 0.6) is 0 Å². The highest BCUT2D eigenvalue weighted by atomic mass is 28.1. The summed E-state index contributed by atoms with van der Waals surface area (Å²) in [6.07, 6.45) is -0.0753. The van der Waals surface area contributed by atoms with Crippen LogP contribution in [0.1, 0.15) is 27.7 Å². The molecule has 1 unspecified atom stereocenters. The Kier molecular flexibility index (Phi) is 8.47. The Morgan fingerprint density at radius 2 is 1.94 bits per heavy atom. The van der Waals surface area contributed by atoms with Gasteiger partial charge in [-0.3, -0.25) is 4.79 Å². The smallest absolute Gasteiger partial charge is 0.450 e. The molecule has 0 heterocycles. The van der Waals surface area contributed by atoms with Crippen LogP contribution >= 0.6 is 0 Å². The quantitative estimate of drug-likeness (QED) is 0.460. The molecule has 0 bridgehead atoms. The summed E-state index contributed by atoms with van der Waals surface area (Å²) in [6.45, 7) is 10.2. The van der Waals surface area contributed by atoms with Crippen molar-refractivity contribution in [3.63, 3.8) is 0 Å². The fourth-order valence-electron chi connectivity index (χ4n) is 0.460. The van der Waals surface area contributed by atoms with Gasteiger partial charge >= 0.3 is 12.1 Å². The second-order valence-electron chi connectivity index (χ2n) is 3.90. The summed E-state index contributed by atoms with van der Waals surface area (Å²) >= 11 is 0. The van der Waals surface area contributed by atoms with Crippen LogP contribution in [0.2, 0.25) is 0 Å². The lowest BCUT2D eigenvalue weighted by Gasteiger charge is -2.27. The van der Waals surface area contributed by atoms with Gasteiger partial charge in [0.05, 0.1) is 21.7 Å². The van der Waals surface area contributed by atoms with Crippen molar-refractivity contribution in [2.45, 2.75) is 32.9 Å². The minimum Gasteiger partial charge on any atom is -0.450 e. The van der Waals surface area contributed by atoms with E-state index in [1.54, 1.807) is 0 Å². The molecule has 0 aromatic rings. The van der Waals surface area contributed by atoms with Gasteiger partial charge in [-0.1, -0.05) is 20.4 Å². The van der Waals surface area contributed by atoms with E-state index in [4.69, 9.17) is 5.11 Å². The molecule has 0 fully saturated rings. The molecule has 94 valence electrons. The monoisotopic (exact) mass is 248 g/mol. The van der Waals surface area contributed by atoms with Crippen molar-refractivity contribution in [2.75, 3.05) is 0 Å². The molecule has 0 saturated carbocycles. The predicted molar refractivity (Wildman–Crippen MR) is 64.3 cm³/mol. The molecule has 0 aliphatic heterocycles. The van der Waals surface area contributed by atoms with Crippen LogP contribution < -0.4 is 0 Å². The summed E-state index contributed by atoms with van der Waals surface area (Å²) in [5.41, 5.74) is 0. The molecule has 0 saturated heterocycles. The molecule has 0 aliphatic rings. The normalized spacial score (nSPS) is 13.1. The number of carbonyl (C=O) groups excluding carboxylic acids is 1. The third kappa shape index (κ3) is 10.8. The Balaban J connectivity index is 0.